The fourth-order valence-electron chi connectivity index (χ4n) is 2.48. The topological polar surface area (TPSA) is 49.3 Å². The summed E-state index contributed by atoms with van der Waals surface area (Å²) in [5, 5.41) is 11.9. The average Bonchev–Trinajstić information content (AvgIpc) is 2.16. The molecule has 1 fully saturated rings. The summed E-state index contributed by atoms with van der Waals surface area (Å²) >= 11 is 0. The number of nitrogens with one attached hydrogen (secondary N) is 1. The maximum absolute atomic E-state index is 10.4. The van der Waals surface area contributed by atoms with Gasteiger partial charge < -0.3 is 10.4 Å². The van der Waals surface area contributed by atoms with E-state index in [1.54, 1.807) is 0 Å². The second kappa shape index (κ2) is 6.69. The molecule has 16 heavy (non-hydrogen) atoms. The van der Waals surface area contributed by atoms with Gasteiger partial charge in [-0.3, -0.25) is 0 Å². The second-order valence-corrected chi connectivity index (χ2v) is 5.10. The van der Waals surface area contributed by atoms with E-state index in [1.807, 2.05) is 6.92 Å². The van der Waals surface area contributed by atoms with Gasteiger partial charge in [-0.25, -0.2) is 4.79 Å². The molecule has 0 heterocycles. The smallest absolute Gasteiger partial charge is 0.328 e. The molecule has 92 valence electrons. The summed E-state index contributed by atoms with van der Waals surface area (Å²) < 4.78 is 0. The summed E-state index contributed by atoms with van der Waals surface area (Å²) in [6.45, 7) is 5.89. The monoisotopic (exact) mass is 225 g/mol. The summed E-state index contributed by atoms with van der Waals surface area (Å²) in [5.41, 5.74) is 0.886. The fourth-order valence-corrected chi connectivity index (χ4v) is 2.48. The minimum Gasteiger partial charge on any atom is -0.478 e. The third-order valence-electron chi connectivity index (χ3n) is 3.25. The summed E-state index contributed by atoms with van der Waals surface area (Å²) in [7, 11) is 0. The molecule has 3 heteroatoms. The van der Waals surface area contributed by atoms with E-state index in [0.717, 1.165) is 24.0 Å². The van der Waals surface area contributed by atoms with Crippen molar-refractivity contribution in [3.8, 4) is 0 Å². The number of aliphatic carboxylic acids is 1. The SMILES string of the molecule is CC(=CC(=O)O)CNCC1CCCC(C)C1. The molecule has 2 atom stereocenters. The largest absolute Gasteiger partial charge is 0.478 e. The molecule has 0 saturated heterocycles. The van der Waals surface area contributed by atoms with Crippen LogP contribution >= 0.6 is 0 Å². The first-order chi connectivity index (χ1) is 7.58. The van der Waals surface area contributed by atoms with Crippen LogP contribution in [0.2, 0.25) is 0 Å². The molecule has 0 spiro atoms. The first-order valence-corrected chi connectivity index (χ1v) is 6.18. The molecule has 2 unspecified atom stereocenters. The van der Waals surface area contributed by atoms with Gasteiger partial charge in [0.25, 0.3) is 0 Å². The first-order valence-electron chi connectivity index (χ1n) is 6.18. The van der Waals surface area contributed by atoms with Crippen molar-refractivity contribution >= 4 is 5.97 Å². The predicted molar refractivity (Wildman–Crippen MR) is 65.4 cm³/mol. The lowest BCUT2D eigenvalue weighted by molar-refractivity contribution is -0.131. The highest BCUT2D eigenvalue weighted by atomic mass is 16.4. The van der Waals surface area contributed by atoms with Crippen LogP contribution in [0.5, 0.6) is 0 Å². The van der Waals surface area contributed by atoms with Crippen molar-refractivity contribution < 1.29 is 9.90 Å². The molecule has 1 aliphatic rings. The normalized spacial score (nSPS) is 26.8. The van der Waals surface area contributed by atoms with Gasteiger partial charge in [0.15, 0.2) is 0 Å². The van der Waals surface area contributed by atoms with Crippen molar-refractivity contribution in [1.82, 2.24) is 5.32 Å². The van der Waals surface area contributed by atoms with Gasteiger partial charge in [-0.05, 0) is 38.1 Å². The summed E-state index contributed by atoms with van der Waals surface area (Å²) in [6, 6.07) is 0. The van der Waals surface area contributed by atoms with Crippen LogP contribution in [0.15, 0.2) is 11.6 Å². The zero-order valence-electron chi connectivity index (χ0n) is 10.3. The molecular weight excluding hydrogens is 202 g/mol. The van der Waals surface area contributed by atoms with Gasteiger partial charge in [0.1, 0.15) is 0 Å². The van der Waals surface area contributed by atoms with Gasteiger partial charge >= 0.3 is 5.97 Å². The van der Waals surface area contributed by atoms with Gasteiger partial charge in [0.2, 0.25) is 0 Å². The van der Waals surface area contributed by atoms with Crippen molar-refractivity contribution in [3.63, 3.8) is 0 Å². The first kappa shape index (κ1) is 13.2. The standard InChI is InChI=1S/C13H23NO2/c1-10-4-3-5-12(6-10)9-14-8-11(2)7-13(15)16/h7,10,12,14H,3-6,8-9H2,1-2H3,(H,15,16). The third-order valence-corrected chi connectivity index (χ3v) is 3.25. The lowest BCUT2D eigenvalue weighted by Gasteiger charge is -2.26. The predicted octanol–water partition coefficient (Wildman–Crippen LogP) is 2.43. The van der Waals surface area contributed by atoms with E-state index in [1.165, 1.54) is 31.8 Å². The molecule has 0 amide bonds. The summed E-state index contributed by atoms with van der Waals surface area (Å²) in [5.74, 6) is 0.781. The molecule has 0 bridgehead atoms. The quantitative estimate of drug-likeness (QED) is 0.706. The van der Waals surface area contributed by atoms with Crippen LogP contribution in [-0.4, -0.2) is 24.2 Å². The van der Waals surface area contributed by atoms with Gasteiger partial charge in [0, 0.05) is 12.6 Å². The maximum Gasteiger partial charge on any atom is 0.328 e. The number of carboxylic acids is 1. The zero-order valence-corrected chi connectivity index (χ0v) is 10.3. The Morgan fingerprint density at radius 2 is 2.25 bits per heavy atom. The van der Waals surface area contributed by atoms with Crippen molar-refractivity contribution in [3.05, 3.63) is 11.6 Å². The van der Waals surface area contributed by atoms with E-state index < -0.39 is 5.97 Å². The molecule has 1 aliphatic carbocycles. The molecule has 1 saturated carbocycles. The number of hydrogen-bond donors (Lipinski definition) is 2. The van der Waals surface area contributed by atoms with E-state index >= 15 is 0 Å². The Labute approximate surface area is 97.9 Å². The van der Waals surface area contributed by atoms with Crippen molar-refractivity contribution in [2.75, 3.05) is 13.1 Å². The van der Waals surface area contributed by atoms with E-state index in [-0.39, 0.29) is 0 Å². The van der Waals surface area contributed by atoms with Crippen LogP contribution in [-0.2, 0) is 4.79 Å². The Bertz CT molecular complexity index is 261. The van der Waals surface area contributed by atoms with Crippen LogP contribution in [0.1, 0.15) is 39.5 Å². The van der Waals surface area contributed by atoms with E-state index in [0.29, 0.717) is 6.54 Å². The highest BCUT2D eigenvalue weighted by molar-refractivity contribution is 5.80. The zero-order chi connectivity index (χ0) is 12.0. The molecule has 3 nitrogen and oxygen atoms in total. The number of carbonyl (C=O) groups is 1. The Morgan fingerprint density at radius 1 is 1.50 bits per heavy atom. The van der Waals surface area contributed by atoms with Gasteiger partial charge in [-0.1, -0.05) is 25.3 Å². The third kappa shape index (κ3) is 5.31. The average molecular weight is 225 g/mol. The molecule has 0 aromatic carbocycles. The minimum atomic E-state index is -0.856. The number of hydrogen-bond acceptors (Lipinski definition) is 2. The van der Waals surface area contributed by atoms with E-state index in [4.69, 9.17) is 5.11 Å². The molecule has 0 aliphatic heterocycles. The van der Waals surface area contributed by atoms with Gasteiger partial charge in [-0.2, -0.15) is 0 Å². The van der Waals surface area contributed by atoms with Crippen LogP contribution in [0.25, 0.3) is 0 Å². The van der Waals surface area contributed by atoms with Crippen LogP contribution in [0, 0.1) is 11.8 Å². The summed E-state index contributed by atoms with van der Waals surface area (Å²) in [6.07, 6.45) is 6.62. The van der Waals surface area contributed by atoms with Gasteiger partial charge in [0.05, 0.1) is 0 Å². The Morgan fingerprint density at radius 3 is 2.88 bits per heavy atom. The summed E-state index contributed by atoms with van der Waals surface area (Å²) in [4.78, 5) is 10.4. The number of rotatable bonds is 5. The van der Waals surface area contributed by atoms with Crippen molar-refractivity contribution in [2.24, 2.45) is 11.8 Å². The lowest BCUT2D eigenvalue weighted by Crippen LogP contribution is -2.27. The van der Waals surface area contributed by atoms with Crippen LogP contribution in [0.3, 0.4) is 0 Å². The molecular formula is C13H23NO2. The molecule has 2 N–H and O–H groups in total. The second-order valence-electron chi connectivity index (χ2n) is 5.10. The maximum atomic E-state index is 10.4. The Balaban J connectivity index is 2.17. The van der Waals surface area contributed by atoms with E-state index in [2.05, 4.69) is 12.2 Å². The Hall–Kier alpha value is -0.830. The van der Waals surface area contributed by atoms with Gasteiger partial charge in [-0.15, -0.1) is 0 Å². The van der Waals surface area contributed by atoms with Crippen LogP contribution < -0.4 is 5.32 Å². The van der Waals surface area contributed by atoms with E-state index in [9.17, 15) is 4.79 Å². The highest BCUT2D eigenvalue weighted by Gasteiger charge is 2.18. The molecule has 1 rings (SSSR count). The molecule has 0 radical (unpaired) electrons. The van der Waals surface area contributed by atoms with Crippen LogP contribution in [0.4, 0.5) is 0 Å². The lowest BCUT2D eigenvalue weighted by atomic mass is 9.82. The van der Waals surface area contributed by atoms with Crippen molar-refractivity contribution in [2.45, 2.75) is 39.5 Å². The molecule has 0 aromatic heterocycles. The molecule has 0 aromatic rings. The highest BCUT2D eigenvalue weighted by Crippen LogP contribution is 2.27. The fraction of sp³-hybridized carbons (Fsp3) is 0.769. The number of carboxylic acid groups (broad SMARTS) is 1. The van der Waals surface area contributed by atoms with Crippen molar-refractivity contribution in [1.29, 1.82) is 0 Å². The Kier molecular flexibility index (Phi) is 5.53. The minimum absolute atomic E-state index is 0.692.